The molecule has 2 aromatic rings. The van der Waals surface area contributed by atoms with E-state index in [1.54, 1.807) is 6.08 Å². The Bertz CT molecular complexity index is 670. The Morgan fingerprint density at radius 2 is 1.75 bits per heavy atom. The van der Waals surface area contributed by atoms with Crippen molar-refractivity contribution in [2.45, 2.75) is 13.8 Å². The molecule has 20 heavy (non-hydrogen) atoms. The molecule has 0 aromatic heterocycles. The van der Waals surface area contributed by atoms with Gasteiger partial charge < -0.3 is 5.11 Å². The van der Waals surface area contributed by atoms with Crippen LogP contribution in [0, 0.1) is 24.0 Å². The number of nitro groups is 1. The first-order chi connectivity index (χ1) is 9.49. The highest BCUT2D eigenvalue weighted by Gasteiger charge is 2.08. The molecule has 0 aliphatic carbocycles. The van der Waals surface area contributed by atoms with Crippen molar-refractivity contribution in [3.63, 3.8) is 0 Å². The standard InChI is InChI=1S/C16H15NO3/c1-11-4-3-5-12(2)15(11)8-6-13-10-14(17(19)20)7-9-16(13)18/h3-10,18H,1-2H3/b8-6+. The topological polar surface area (TPSA) is 63.4 Å². The predicted octanol–water partition coefficient (Wildman–Crippen LogP) is 4.09. The monoisotopic (exact) mass is 269 g/mol. The van der Waals surface area contributed by atoms with E-state index in [-0.39, 0.29) is 11.4 Å². The molecule has 0 saturated heterocycles. The van der Waals surface area contributed by atoms with Gasteiger partial charge in [-0.15, -0.1) is 0 Å². The predicted molar refractivity (Wildman–Crippen MR) is 79.6 cm³/mol. The molecule has 0 aliphatic rings. The highest BCUT2D eigenvalue weighted by atomic mass is 16.6. The van der Waals surface area contributed by atoms with Crippen LogP contribution in [0.15, 0.2) is 36.4 Å². The third kappa shape index (κ3) is 2.85. The van der Waals surface area contributed by atoms with Crippen molar-refractivity contribution in [3.05, 3.63) is 68.8 Å². The Labute approximate surface area is 117 Å². The van der Waals surface area contributed by atoms with Crippen LogP contribution in [0.2, 0.25) is 0 Å². The highest BCUT2D eigenvalue weighted by Crippen LogP contribution is 2.25. The van der Waals surface area contributed by atoms with Gasteiger partial charge in [-0.1, -0.05) is 30.4 Å². The molecule has 0 aliphatic heterocycles. The summed E-state index contributed by atoms with van der Waals surface area (Å²) in [5, 5.41) is 20.5. The van der Waals surface area contributed by atoms with E-state index in [1.807, 2.05) is 38.1 Å². The second kappa shape index (κ2) is 5.57. The Balaban J connectivity index is 2.41. The lowest BCUT2D eigenvalue weighted by Crippen LogP contribution is -1.88. The van der Waals surface area contributed by atoms with Crippen LogP contribution in [0.1, 0.15) is 22.3 Å². The van der Waals surface area contributed by atoms with Gasteiger partial charge in [0.25, 0.3) is 5.69 Å². The van der Waals surface area contributed by atoms with Gasteiger partial charge in [-0.3, -0.25) is 10.1 Å². The molecular formula is C16H15NO3. The van der Waals surface area contributed by atoms with Gasteiger partial charge in [-0.2, -0.15) is 0 Å². The minimum atomic E-state index is -0.476. The van der Waals surface area contributed by atoms with E-state index in [9.17, 15) is 15.2 Å². The lowest BCUT2D eigenvalue weighted by Gasteiger charge is -2.05. The lowest BCUT2D eigenvalue weighted by molar-refractivity contribution is -0.384. The average Bonchev–Trinajstić information content (AvgIpc) is 2.39. The number of benzene rings is 2. The zero-order valence-electron chi connectivity index (χ0n) is 11.3. The fraction of sp³-hybridized carbons (Fsp3) is 0.125. The highest BCUT2D eigenvalue weighted by molar-refractivity contribution is 5.75. The van der Waals surface area contributed by atoms with E-state index in [4.69, 9.17) is 0 Å². The molecule has 0 fully saturated rings. The first-order valence-corrected chi connectivity index (χ1v) is 6.21. The van der Waals surface area contributed by atoms with Gasteiger partial charge in [0.15, 0.2) is 0 Å². The second-order valence-corrected chi connectivity index (χ2v) is 4.64. The first kappa shape index (κ1) is 13.8. The van der Waals surface area contributed by atoms with E-state index in [0.29, 0.717) is 5.56 Å². The molecule has 0 saturated carbocycles. The van der Waals surface area contributed by atoms with E-state index in [1.165, 1.54) is 18.2 Å². The Morgan fingerprint density at radius 3 is 2.35 bits per heavy atom. The number of nitrogens with zero attached hydrogens (tertiary/aromatic N) is 1. The van der Waals surface area contributed by atoms with Crippen molar-refractivity contribution in [2.75, 3.05) is 0 Å². The van der Waals surface area contributed by atoms with Gasteiger partial charge in [0, 0.05) is 17.7 Å². The van der Waals surface area contributed by atoms with Crippen LogP contribution in [0.5, 0.6) is 5.75 Å². The maximum absolute atomic E-state index is 10.7. The molecule has 0 spiro atoms. The van der Waals surface area contributed by atoms with Crippen LogP contribution < -0.4 is 0 Å². The Kier molecular flexibility index (Phi) is 3.84. The number of aryl methyl sites for hydroxylation is 2. The summed E-state index contributed by atoms with van der Waals surface area (Å²) in [5.74, 6) is 0.0260. The van der Waals surface area contributed by atoms with Crippen LogP contribution in [0.4, 0.5) is 5.69 Å². The summed E-state index contributed by atoms with van der Waals surface area (Å²) in [7, 11) is 0. The van der Waals surface area contributed by atoms with E-state index in [0.717, 1.165) is 16.7 Å². The van der Waals surface area contributed by atoms with Crippen molar-refractivity contribution in [1.82, 2.24) is 0 Å². The Hall–Kier alpha value is -2.62. The normalized spacial score (nSPS) is 10.9. The van der Waals surface area contributed by atoms with Crippen LogP contribution in [0.25, 0.3) is 12.2 Å². The van der Waals surface area contributed by atoms with Gasteiger partial charge in [0.1, 0.15) is 5.75 Å². The fourth-order valence-corrected chi connectivity index (χ4v) is 2.05. The van der Waals surface area contributed by atoms with Crippen LogP contribution >= 0.6 is 0 Å². The van der Waals surface area contributed by atoms with E-state index >= 15 is 0 Å². The quantitative estimate of drug-likeness (QED) is 0.518. The molecule has 4 heteroatoms. The molecular weight excluding hydrogens is 254 g/mol. The number of aromatic hydroxyl groups is 1. The van der Waals surface area contributed by atoms with E-state index < -0.39 is 4.92 Å². The number of phenols is 1. The molecule has 0 unspecified atom stereocenters. The lowest BCUT2D eigenvalue weighted by atomic mass is 10.0. The summed E-state index contributed by atoms with van der Waals surface area (Å²) in [6.45, 7) is 4.00. The maximum Gasteiger partial charge on any atom is 0.270 e. The van der Waals surface area contributed by atoms with Crippen LogP contribution in [-0.2, 0) is 0 Å². The molecule has 1 N–H and O–H groups in total. The maximum atomic E-state index is 10.7. The molecule has 0 radical (unpaired) electrons. The fourth-order valence-electron chi connectivity index (χ4n) is 2.05. The zero-order valence-corrected chi connectivity index (χ0v) is 11.3. The largest absolute Gasteiger partial charge is 0.507 e. The third-order valence-corrected chi connectivity index (χ3v) is 3.19. The van der Waals surface area contributed by atoms with Crippen molar-refractivity contribution < 1.29 is 10.0 Å². The van der Waals surface area contributed by atoms with Crippen LogP contribution in [-0.4, -0.2) is 10.0 Å². The summed E-state index contributed by atoms with van der Waals surface area (Å²) in [6, 6.07) is 9.96. The second-order valence-electron chi connectivity index (χ2n) is 4.64. The summed E-state index contributed by atoms with van der Waals surface area (Å²) in [6.07, 6.45) is 3.56. The van der Waals surface area contributed by atoms with Crippen LogP contribution in [0.3, 0.4) is 0 Å². The Morgan fingerprint density at radius 1 is 1.10 bits per heavy atom. The van der Waals surface area contributed by atoms with Crippen molar-refractivity contribution in [3.8, 4) is 5.75 Å². The molecule has 4 nitrogen and oxygen atoms in total. The summed E-state index contributed by atoms with van der Waals surface area (Å²) in [5.41, 5.74) is 3.68. The SMILES string of the molecule is Cc1cccc(C)c1/C=C/c1cc([N+](=O)[O-])ccc1O. The summed E-state index contributed by atoms with van der Waals surface area (Å²) < 4.78 is 0. The summed E-state index contributed by atoms with van der Waals surface area (Å²) in [4.78, 5) is 10.3. The number of non-ortho nitro benzene ring substituents is 1. The van der Waals surface area contributed by atoms with Gasteiger partial charge in [-0.05, 0) is 36.6 Å². The molecule has 2 aromatic carbocycles. The number of hydrogen-bond acceptors (Lipinski definition) is 3. The number of hydrogen-bond donors (Lipinski definition) is 1. The molecule has 102 valence electrons. The molecule has 0 heterocycles. The van der Waals surface area contributed by atoms with Crippen molar-refractivity contribution in [2.24, 2.45) is 0 Å². The van der Waals surface area contributed by atoms with Crippen molar-refractivity contribution in [1.29, 1.82) is 0 Å². The summed E-state index contributed by atoms with van der Waals surface area (Å²) >= 11 is 0. The molecule has 0 amide bonds. The van der Waals surface area contributed by atoms with Gasteiger partial charge >= 0.3 is 0 Å². The average molecular weight is 269 g/mol. The number of nitro benzene ring substituents is 1. The van der Waals surface area contributed by atoms with E-state index in [2.05, 4.69) is 0 Å². The smallest absolute Gasteiger partial charge is 0.270 e. The minimum Gasteiger partial charge on any atom is -0.507 e. The number of phenolic OH excluding ortho intramolecular Hbond substituents is 1. The zero-order chi connectivity index (χ0) is 14.7. The number of rotatable bonds is 3. The van der Waals surface area contributed by atoms with Crippen molar-refractivity contribution >= 4 is 17.8 Å². The molecule has 2 rings (SSSR count). The van der Waals surface area contributed by atoms with Gasteiger partial charge in [0.2, 0.25) is 0 Å². The third-order valence-electron chi connectivity index (χ3n) is 3.19. The minimum absolute atomic E-state index is 0.0260. The van der Waals surface area contributed by atoms with Gasteiger partial charge in [0.05, 0.1) is 4.92 Å². The molecule has 0 bridgehead atoms. The molecule has 0 atom stereocenters. The van der Waals surface area contributed by atoms with Gasteiger partial charge in [-0.25, -0.2) is 0 Å². The first-order valence-electron chi connectivity index (χ1n) is 6.21.